The van der Waals surface area contributed by atoms with Crippen LogP contribution in [-0.4, -0.2) is 73.4 Å². The minimum Gasteiger partial charge on any atom is -0.387 e. The number of unbranched alkanes of at least 4 members (excludes halogenated alkanes) is 40. The van der Waals surface area contributed by atoms with Gasteiger partial charge in [0.25, 0.3) is 0 Å². The molecule has 8 nitrogen and oxygen atoms in total. The second-order valence-electron chi connectivity index (χ2n) is 21.0. The second kappa shape index (κ2) is 48.3. The lowest BCUT2D eigenvalue weighted by Crippen LogP contribution is -2.45. The van der Waals surface area contributed by atoms with Crippen molar-refractivity contribution in [1.29, 1.82) is 0 Å². The van der Waals surface area contributed by atoms with Crippen molar-refractivity contribution in [2.75, 3.05) is 40.9 Å². The number of carbonyl (C=O) groups excluding carboxylic acids is 1. The van der Waals surface area contributed by atoms with Gasteiger partial charge in [-0.2, -0.15) is 0 Å². The van der Waals surface area contributed by atoms with E-state index in [-0.39, 0.29) is 19.1 Å². The van der Waals surface area contributed by atoms with Gasteiger partial charge in [-0.25, -0.2) is 4.57 Å². The highest BCUT2D eigenvalue weighted by Gasteiger charge is 2.27. The van der Waals surface area contributed by atoms with Gasteiger partial charge < -0.3 is 19.8 Å². The van der Waals surface area contributed by atoms with Gasteiger partial charge in [0.2, 0.25) is 5.91 Å². The van der Waals surface area contributed by atoms with Gasteiger partial charge in [-0.15, -0.1) is 0 Å². The summed E-state index contributed by atoms with van der Waals surface area (Å²) in [5.41, 5.74) is 0. The van der Waals surface area contributed by atoms with Crippen LogP contribution < -0.4 is 5.32 Å². The molecule has 3 unspecified atom stereocenters. The number of carbonyl (C=O) groups is 1. The summed E-state index contributed by atoms with van der Waals surface area (Å²) in [6, 6.07) is -0.839. The molecule has 0 radical (unpaired) electrons. The van der Waals surface area contributed by atoms with E-state index >= 15 is 0 Å². The standard InChI is InChI=1S/C56H113N2O6P/c1-6-8-10-12-14-16-17-18-19-20-21-22-23-24-25-26-27-28-29-30-31-32-33-34-35-36-37-38-39-40-42-44-46-48-50-56(60)57-54(53-64-65(61,62)63-52-51-58(3,4)5)55(59)49-47-45-43-41-15-13-11-9-7-2/h47,49,54-55,59H,6-46,48,50-53H2,1-5H3,(H-,57,60,61,62)/p+1/b49-47+. The molecule has 0 aromatic rings. The van der Waals surface area contributed by atoms with Crippen molar-refractivity contribution in [2.45, 2.75) is 302 Å². The van der Waals surface area contributed by atoms with E-state index in [1.807, 2.05) is 27.2 Å². The number of hydrogen-bond donors (Lipinski definition) is 3. The molecule has 0 saturated heterocycles. The molecule has 0 aromatic heterocycles. The van der Waals surface area contributed by atoms with E-state index in [2.05, 4.69) is 19.2 Å². The van der Waals surface area contributed by atoms with Crippen LogP contribution in [0.15, 0.2) is 12.2 Å². The minimum absolute atomic E-state index is 0.0644. The van der Waals surface area contributed by atoms with Crippen molar-refractivity contribution < 1.29 is 32.9 Å². The minimum atomic E-state index is -4.33. The van der Waals surface area contributed by atoms with Gasteiger partial charge >= 0.3 is 7.82 Å². The third-order valence-corrected chi connectivity index (χ3v) is 14.2. The molecule has 0 bridgehead atoms. The maximum Gasteiger partial charge on any atom is 0.472 e. The molecular formula is C56H114N2O6P+. The summed E-state index contributed by atoms with van der Waals surface area (Å²) >= 11 is 0. The highest BCUT2D eigenvalue weighted by molar-refractivity contribution is 7.47. The number of allylic oxidation sites excluding steroid dienone is 1. The summed E-state index contributed by atoms with van der Waals surface area (Å²) in [5, 5.41) is 13.8. The van der Waals surface area contributed by atoms with Crippen molar-refractivity contribution in [3.63, 3.8) is 0 Å². The number of phosphoric acid groups is 1. The lowest BCUT2D eigenvalue weighted by molar-refractivity contribution is -0.870. The largest absolute Gasteiger partial charge is 0.472 e. The van der Waals surface area contributed by atoms with Crippen molar-refractivity contribution >= 4 is 13.7 Å². The molecular weight excluding hydrogens is 828 g/mol. The Labute approximate surface area is 405 Å². The van der Waals surface area contributed by atoms with Crippen LogP contribution in [0, 0.1) is 0 Å². The Bertz CT molecular complexity index is 1070. The quantitative estimate of drug-likeness (QED) is 0.0243. The average molecular weight is 943 g/mol. The van der Waals surface area contributed by atoms with Gasteiger partial charge in [0, 0.05) is 6.42 Å². The van der Waals surface area contributed by atoms with E-state index in [0.717, 1.165) is 38.5 Å². The Morgan fingerprint density at radius 1 is 0.508 bits per heavy atom. The van der Waals surface area contributed by atoms with Crippen LogP contribution in [0.3, 0.4) is 0 Å². The number of quaternary nitrogens is 1. The van der Waals surface area contributed by atoms with Gasteiger partial charge in [-0.1, -0.05) is 276 Å². The number of phosphoric ester groups is 1. The SMILES string of the molecule is CCCCCCCCC/C=C/C(O)C(COP(=O)(O)OCC[N+](C)(C)C)NC(=O)CCCCCCCCCCCCCCCCCCCCCCCCCCCCCCCCCCCC. The predicted octanol–water partition coefficient (Wildman–Crippen LogP) is 17.0. The molecule has 388 valence electrons. The Morgan fingerprint density at radius 3 is 1.14 bits per heavy atom. The van der Waals surface area contributed by atoms with Gasteiger partial charge in [-0.3, -0.25) is 13.8 Å². The zero-order chi connectivity index (χ0) is 47.8. The lowest BCUT2D eigenvalue weighted by atomic mass is 10.0. The number of likely N-dealkylation sites (N-methyl/N-ethyl adjacent to an activating group) is 1. The third-order valence-electron chi connectivity index (χ3n) is 13.3. The summed E-state index contributed by atoms with van der Waals surface area (Å²) in [6.07, 6.45) is 59.2. The number of nitrogens with zero attached hydrogens (tertiary/aromatic N) is 1. The fraction of sp³-hybridized carbons (Fsp3) is 0.946. The van der Waals surface area contributed by atoms with Crippen molar-refractivity contribution in [1.82, 2.24) is 5.32 Å². The van der Waals surface area contributed by atoms with Crippen LogP contribution in [0.25, 0.3) is 0 Å². The molecule has 0 rings (SSSR count). The maximum atomic E-state index is 12.9. The van der Waals surface area contributed by atoms with E-state index < -0.39 is 20.0 Å². The smallest absolute Gasteiger partial charge is 0.387 e. The molecule has 0 fully saturated rings. The fourth-order valence-corrected chi connectivity index (χ4v) is 9.49. The van der Waals surface area contributed by atoms with Gasteiger partial charge in [0.05, 0.1) is 39.9 Å². The van der Waals surface area contributed by atoms with Gasteiger partial charge in [-0.05, 0) is 19.3 Å². The van der Waals surface area contributed by atoms with E-state index in [1.165, 1.54) is 231 Å². The number of amides is 1. The summed E-state index contributed by atoms with van der Waals surface area (Å²) in [4.78, 5) is 23.1. The predicted molar refractivity (Wildman–Crippen MR) is 282 cm³/mol. The third kappa shape index (κ3) is 50.9. The first kappa shape index (κ1) is 64.2. The Hall–Kier alpha value is -0.760. The van der Waals surface area contributed by atoms with Crippen LogP contribution in [0.4, 0.5) is 0 Å². The molecule has 3 atom stereocenters. The second-order valence-corrected chi connectivity index (χ2v) is 22.5. The zero-order valence-corrected chi connectivity index (χ0v) is 45.2. The molecule has 65 heavy (non-hydrogen) atoms. The molecule has 1 amide bonds. The highest BCUT2D eigenvalue weighted by atomic mass is 31.2. The van der Waals surface area contributed by atoms with Crippen molar-refractivity contribution in [3.05, 3.63) is 12.2 Å². The molecule has 0 spiro atoms. The number of aliphatic hydroxyl groups is 1. The van der Waals surface area contributed by atoms with Crippen LogP contribution in [0.5, 0.6) is 0 Å². The number of aliphatic hydroxyl groups excluding tert-OH is 1. The van der Waals surface area contributed by atoms with Crippen molar-refractivity contribution in [3.8, 4) is 0 Å². The molecule has 9 heteroatoms. The molecule has 0 aliphatic carbocycles. The number of hydrogen-bond acceptors (Lipinski definition) is 5. The van der Waals surface area contributed by atoms with Crippen molar-refractivity contribution in [2.24, 2.45) is 0 Å². The first-order valence-corrected chi connectivity index (χ1v) is 30.1. The Kier molecular flexibility index (Phi) is 47.7. The van der Waals surface area contributed by atoms with E-state index in [9.17, 15) is 19.4 Å². The van der Waals surface area contributed by atoms with E-state index in [0.29, 0.717) is 17.4 Å². The van der Waals surface area contributed by atoms with E-state index in [1.54, 1.807) is 6.08 Å². The normalized spacial score (nSPS) is 14.0. The number of nitrogens with one attached hydrogen (secondary N) is 1. The summed E-state index contributed by atoms with van der Waals surface area (Å²) in [5.74, 6) is -0.173. The van der Waals surface area contributed by atoms with Gasteiger partial charge in [0.15, 0.2) is 0 Å². The van der Waals surface area contributed by atoms with Crippen LogP contribution in [-0.2, 0) is 18.4 Å². The van der Waals surface area contributed by atoms with Crippen LogP contribution in [0.2, 0.25) is 0 Å². The molecule has 0 heterocycles. The Balaban J connectivity index is 3.84. The summed E-state index contributed by atoms with van der Waals surface area (Å²) in [7, 11) is 1.58. The molecule has 0 aromatic carbocycles. The lowest BCUT2D eigenvalue weighted by Gasteiger charge is -2.25. The number of rotatable bonds is 53. The maximum absolute atomic E-state index is 12.9. The first-order chi connectivity index (χ1) is 31.5. The molecule has 0 saturated carbocycles. The monoisotopic (exact) mass is 942 g/mol. The fourth-order valence-electron chi connectivity index (χ4n) is 8.75. The summed E-state index contributed by atoms with van der Waals surface area (Å²) in [6.45, 7) is 4.82. The topological polar surface area (TPSA) is 105 Å². The molecule has 0 aliphatic heterocycles. The van der Waals surface area contributed by atoms with Gasteiger partial charge in [0.1, 0.15) is 13.2 Å². The summed E-state index contributed by atoms with van der Waals surface area (Å²) < 4.78 is 23.6. The van der Waals surface area contributed by atoms with Crippen LogP contribution in [0.1, 0.15) is 290 Å². The first-order valence-electron chi connectivity index (χ1n) is 28.6. The van der Waals surface area contributed by atoms with E-state index in [4.69, 9.17) is 9.05 Å². The molecule has 3 N–H and O–H groups in total. The van der Waals surface area contributed by atoms with Crippen LogP contribution >= 0.6 is 7.82 Å². The Morgan fingerprint density at radius 2 is 0.815 bits per heavy atom. The highest BCUT2D eigenvalue weighted by Crippen LogP contribution is 2.43. The zero-order valence-electron chi connectivity index (χ0n) is 44.3. The molecule has 0 aliphatic rings. The average Bonchev–Trinajstić information content (AvgIpc) is 3.26.